The average Bonchev–Trinajstić information content (AvgIpc) is 2.41. The third-order valence-electron chi connectivity index (χ3n) is 2.79. The van der Waals surface area contributed by atoms with E-state index in [-0.39, 0.29) is 11.3 Å². The van der Waals surface area contributed by atoms with E-state index in [4.69, 9.17) is 15.6 Å². The summed E-state index contributed by atoms with van der Waals surface area (Å²) in [4.78, 5) is 11.1. The maximum atomic E-state index is 11.1. The van der Waals surface area contributed by atoms with Gasteiger partial charge in [0.25, 0.3) is 0 Å². The van der Waals surface area contributed by atoms with Gasteiger partial charge >= 0.3 is 5.97 Å². The Bertz CT molecular complexity index is 591. The second-order valence-electron chi connectivity index (χ2n) is 4.16. The van der Waals surface area contributed by atoms with Crippen LogP contribution in [0.1, 0.15) is 22.8 Å². The molecule has 0 bridgehead atoms. The van der Waals surface area contributed by atoms with Crippen LogP contribution in [0.25, 0.3) is 0 Å². The van der Waals surface area contributed by atoms with Crippen molar-refractivity contribution < 1.29 is 14.6 Å². The number of carboxylic acid groups (broad SMARTS) is 1. The number of carbonyl (C=O) groups is 1. The molecule has 0 aliphatic carbocycles. The third kappa shape index (κ3) is 3.04. The normalized spacial score (nSPS) is 10.2. The summed E-state index contributed by atoms with van der Waals surface area (Å²) in [5, 5.41) is 9.11. The quantitative estimate of drug-likeness (QED) is 0.824. The summed E-state index contributed by atoms with van der Waals surface area (Å²) < 4.78 is 5.59. The van der Waals surface area contributed by atoms with Gasteiger partial charge in [-0.1, -0.05) is 19.1 Å². The molecule has 0 spiro atoms. The Labute approximate surface area is 111 Å². The Hall–Kier alpha value is -2.49. The number of hydrogen-bond acceptors (Lipinski definition) is 3. The first kappa shape index (κ1) is 13.0. The number of aromatic carboxylic acids is 1. The molecule has 0 aromatic heterocycles. The zero-order valence-corrected chi connectivity index (χ0v) is 10.6. The molecule has 4 heteroatoms. The first-order valence-electron chi connectivity index (χ1n) is 5.99. The zero-order valence-electron chi connectivity index (χ0n) is 10.6. The van der Waals surface area contributed by atoms with E-state index in [0.29, 0.717) is 11.4 Å². The van der Waals surface area contributed by atoms with Gasteiger partial charge in [0, 0.05) is 5.69 Å². The van der Waals surface area contributed by atoms with Crippen molar-refractivity contribution in [1.82, 2.24) is 0 Å². The molecular weight excluding hydrogens is 242 g/mol. The summed E-state index contributed by atoms with van der Waals surface area (Å²) in [6, 6.07) is 12.1. The molecule has 0 radical (unpaired) electrons. The van der Waals surface area contributed by atoms with Crippen LogP contribution in [0, 0.1) is 0 Å². The summed E-state index contributed by atoms with van der Waals surface area (Å²) in [5.74, 6) is -0.178. The van der Waals surface area contributed by atoms with Gasteiger partial charge in [-0.25, -0.2) is 4.79 Å². The third-order valence-corrected chi connectivity index (χ3v) is 2.79. The van der Waals surface area contributed by atoms with Gasteiger partial charge in [-0.3, -0.25) is 0 Å². The fraction of sp³-hybridized carbons (Fsp3) is 0.133. The summed E-state index contributed by atoms with van der Waals surface area (Å²) >= 11 is 0. The number of benzene rings is 2. The summed E-state index contributed by atoms with van der Waals surface area (Å²) in [5.41, 5.74) is 7.22. The molecule has 2 rings (SSSR count). The first-order valence-corrected chi connectivity index (χ1v) is 5.99. The SMILES string of the molecule is CCc1ccc(Oc2ccc(N)cc2C(=O)O)cc1. The number of hydrogen-bond donors (Lipinski definition) is 2. The van der Waals surface area contributed by atoms with E-state index in [2.05, 4.69) is 6.92 Å². The van der Waals surface area contributed by atoms with Crippen LogP contribution < -0.4 is 10.5 Å². The molecule has 98 valence electrons. The highest BCUT2D eigenvalue weighted by molar-refractivity contribution is 5.92. The van der Waals surface area contributed by atoms with Crippen LogP contribution in [-0.4, -0.2) is 11.1 Å². The van der Waals surface area contributed by atoms with E-state index in [9.17, 15) is 4.79 Å². The average molecular weight is 257 g/mol. The number of anilines is 1. The Morgan fingerprint density at radius 1 is 1.21 bits per heavy atom. The molecule has 0 heterocycles. The minimum Gasteiger partial charge on any atom is -0.478 e. The van der Waals surface area contributed by atoms with Gasteiger partial charge in [-0.05, 0) is 42.3 Å². The minimum atomic E-state index is -1.06. The fourth-order valence-corrected chi connectivity index (χ4v) is 1.72. The van der Waals surface area contributed by atoms with E-state index >= 15 is 0 Å². The van der Waals surface area contributed by atoms with E-state index in [1.54, 1.807) is 12.1 Å². The number of ether oxygens (including phenoxy) is 1. The predicted molar refractivity (Wildman–Crippen MR) is 73.7 cm³/mol. The van der Waals surface area contributed by atoms with Gasteiger partial charge in [0.1, 0.15) is 17.1 Å². The Morgan fingerprint density at radius 3 is 2.47 bits per heavy atom. The standard InChI is InChI=1S/C15H15NO3/c1-2-10-3-6-12(7-4-10)19-14-8-5-11(16)9-13(14)15(17)18/h3-9H,2,16H2,1H3,(H,17,18). The summed E-state index contributed by atoms with van der Waals surface area (Å²) in [6.07, 6.45) is 0.947. The van der Waals surface area contributed by atoms with Crippen molar-refractivity contribution in [1.29, 1.82) is 0 Å². The topological polar surface area (TPSA) is 72.5 Å². The number of carboxylic acids is 1. The minimum absolute atomic E-state index is 0.0552. The van der Waals surface area contributed by atoms with Crippen LogP contribution in [0.4, 0.5) is 5.69 Å². The molecule has 0 aliphatic rings. The van der Waals surface area contributed by atoms with E-state index in [1.807, 2.05) is 24.3 Å². The van der Waals surface area contributed by atoms with Crippen LogP contribution in [0.5, 0.6) is 11.5 Å². The number of nitrogen functional groups attached to an aromatic ring is 1. The number of rotatable bonds is 4. The first-order chi connectivity index (χ1) is 9.10. The van der Waals surface area contributed by atoms with Crippen molar-refractivity contribution in [3.05, 3.63) is 53.6 Å². The van der Waals surface area contributed by atoms with Crippen molar-refractivity contribution in [2.45, 2.75) is 13.3 Å². The van der Waals surface area contributed by atoms with Crippen LogP contribution >= 0.6 is 0 Å². The lowest BCUT2D eigenvalue weighted by atomic mass is 10.1. The van der Waals surface area contributed by atoms with E-state index in [0.717, 1.165) is 6.42 Å². The highest BCUT2D eigenvalue weighted by Gasteiger charge is 2.12. The van der Waals surface area contributed by atoms with Crippen LogP contribution in [0.15, 0.2) is 42.5 Å². The number of nitrogens with two attached hydrogens (primary N) is 1. The number of aryl methyl sites for hydroxylation is 1. The Morgan fingerprint density at radius 2 is 1.89 bits per heavy atom. The van der Waals surface area contributed by atoms with Crippen molar-refractivity contribution in [2.75, 3.05) is 5.73 Å². The van der Waals surface area contributed by atoms with Crippen LogP contribution in [-0.2, 0) is 6.42 Å². The van der Waals surface area contributed by atoms with E-state index in [1.165, 1.54) is 11.6 Å². The maximum Gasteiger partial charge on any atom is 0.339 e. The smallest absolute Gasteiger partial charge is 0.339 e. The van der Waals surface area contributed by atoms with Crippen LogP contribution in [0.3, 0.4) is 0 Å². The predicted octanol–water partition coefficient (Wildman–Crippen LogP) is 3.32. The van der Waals surface area contributed by atoms with Gasteiger partial charge in [-0.2, -0.15) is 0 Å². The molecule has 0 atom stereocenters. The lowest BCUT2D eigenvalue weighted by molar-refractivity contribution is 0.0694. The second kappa shape index (κ2) is 5.44. The molecule has 0 fully saturated rings. The molecule has 0 amide bonds. The zero-order chi connectivity index (χ0) is 13.8. The highest BCUT2D eigenvalue weighted by atomic mass is 16.5. The molecule has 19 heavy (non-hydrogen) atoms. The Kier molecular flexibility index (Phi) is 3.71. The molecule has 2 aromatic carbocycles. The largest absolute Gasteiger partial charge is 0.478 e. The van der Waals surface area contributed by atoms with Crippen molar-refractivity contribution in [3.8, 4) is 11.5 Å². The molecule has 0 unspecified atom stereocenters. The fourth-order valence-electron chi connectivity index (χ4n) is 1.72. The van der Waals surface area contributed by atoms with Crippen molar-refractivity contribution in [2.24, 2.45) is 0 Å². The van der Waals surface area contributed by atoms with Crippen molar-refractivity contribution in [3.63, 3.8) is 0 Å². The summed E-state index contributed by atoms with van der Waals surface area (Å²) in [6.45, 7) is 2.07. The molecule has 0 aliphatic heterocycles. The van der Waals surface area contributed by atoms with Crippen molar-refractivity contribution >= 4 is 11.7 Å². The maximum absolute atomic E-state index is 11.1. The molecular formula is C15H15NO3. The highest BCUT2D eigenvalue weighted by Crippen LogP contribution is 2.27. The molecule has 2 aromatic rings. The molecule has 4 nitrogen and oxygen atoms in total. The lowest BCUT2D eigenvalue weighted by Gasteiger charge is -2.09. The van der Waals surface area contributed by atoms with Gasteiger partial charge in [0.15, 0.2) is 0 Å². The summed E-state index contributed by atoms with van der Waals surface area (Å²) in [7, 11) is 0. The molecule has 0 saturated heterocycles. The Balaban J connectivity index is 2.29. The van der Waals surface area contributed by atoms with Gasteiger partial charge in [0.2, 0.25) is 0 Å². The molecule has 0 saturated carbocycles. The van der Waals surface area contributed by atoms with Gasteiger partial charge in [0.05, 0.1) is 0 Å². The van der Waals surface area contributed by atoms with E-state index < -0.39 is 5.97 Å². The van der Waals surface area contributed by atoms with Gasteiger partial charge < -0.3 is 15.6 Å². The van der Waals surface area contributed by atoms with Crippen LogP contribution in [0.2, 0.25) is 0 Å². The van der Waals surface area contributed by atoms with Gasteiger partial charge in [-0.15, -0.1) is 0 Å². The molecule has 3 N–H and O–H groups in total. The second-order valence-corrected chi connectivity index (χ2v) is 4.16. The lowest BCUT2D eigenvalue weighted by Crippen LogP contribution is -2.01. The monoisotopic (exact) mass is 257 g/mol.